The molecular formula is C17H16N2O2S. The van der Waals surface area contributed by atoms with Crippen molar-refractivity contribution in [2.24, 2.45) is 0 Å². The number of rotatable bonds is 4. The molecule has 112 valence electrons. The first-order valence-corrected chi connectivity index (χ1v) is 7.89. The van der Waals surface area contributed by atoms with Gasteiger partial charge in [-0.1, -0.05) is 18.2 Å². The molecule has 1 atom stereocenters. The smallest absolute Gasteiger partial charge is 0.252 e. The van der Waals surface area contributed by atoms with Gasteiger partial charge in [0.1, 0.15) is 5.60 Å². The molecule has 2 heterocycles. The van der Waals surface area contributed by atoms with Crippen molar-refractivity contribution in [1.29, 1.82) is 0 Å². The average molecular weight is 312 g/mol. The van der Waals surface area contributed by atoms with Gasteiger partial charge in [-0.15, -0.1) is 0 Å². The molecule has 0 aliphatic rings. The molecular weight excluding hydrogens is 296 g/mol. The Bertz CT molecular complexity index is 792. The van der Waals surface area contributed by atoms with E-state index >= 15 is 0 Å². The van der Waals surface area contributed by atoms with E-state index in [0.717, 1.165) is 16.5 Å². The number of thiophene rings is 1. The summed E-state index contributed by atoms with van der Waals surface area (Å²) < 4.78 is 0. The molecule has 0 spiro atoms. The number of amides is 1. The van der Waals surface area contributed by atoms with Crippen molar-refractivity contribution in [2.45, 2.75) is 12.5 Å². The highest BCUT2D eigenvalue weighted by atomic mass is 32.1. The quantitative estimate of drug-likeness (QED) is 0.778. The first kappa shape index (κ1) is 14.7. The van der Waals surface area contributed by atoms with Crippen molar-refractivity contribution in [3.8, 4) is 0 Å². The van der Waals surface area contributed by atoms with Gasteiger partial charge in [-0.05, 0) is 41.4 Å². The van der Waals surface area contributed by atoms with Gasteiger partial charge in [0.25, 0.3) is 5.91 Å². The molecule has 0 saturated heterocycles. The fourth-order valence-corrected chi connectivity index (χ4v) is 3.10. The predicted molar refractivity (Wildman–Crippen MR) is 88.0 cm³/mol. The summed E-state index contributed by atoms with van der Waals surface area (Å²) in [6.45, 7) is 1.85. The zero-order chi connectivity index (χ0) is 15.6. The van der Waals surface area contributed by atoms with E-state index in [1.807, 2.05) is 41.1 Å². The van der Waals surface area contributed by atoms with Crippen molar-refractivity contribution in [3.63, 3.8) is 0 Å². The van der Waals surface area contributed by atoms with Crippen molar-refractivity contribution >= 4 is 28.1 Å². The molecule has 4 nitrogen and oxygen atoms in total. The summed E-state index contributed by atoms with van der Waals surface area (Å²) in [4.78, 5) is 16.7. The first-order chi connectivity index (χ1) is 10.6. The molecule has 2 N–H and O–H groups in total. The van der Waals surface area contributed by atoms with Gasteiger partial charge in [0.2, 0.25) is 0 Å². The van der Waals surface area contributed by atoms with E-state index in [0.29, 0.717) is 5.56 Å². The van der Waals surface area contributed by atoms with Gasteiger partial charge in [-0.2, -0.15) is 11.3 Å². The third-order valence-corrected chi connectivity index (χ3v) is 4.31. The van der Waals surface area contributed by atoms with Crippen LogP contribution in [0.2, 0.25) is 0 Å². The molecule has 5 heteroatoms. The second kappa shape index (κ2) is 5.87. The summed E-state index contributed by atoms with van der Waals surface area (Å²) in [7, 11) is 0. The predicted octanol–water partition coefficient (Wildman–Crippen LogP) is 2.93. The Morgan fingerprint density at radius 1 is 1.32 bits per heavy atom. The van der Waals surface area contributed by atoms with Crippen LogP contribution in [-0.4, -0.2) is 22.5 Å². The number of aromatic nitrogens is 1. The lowest BCUT2D eigenvalue weighted by Gasteiger charge is -2.23. The molecule has 0 fully saturated rings. The van der Waals surface area contributed by atoms with Crippen LogP contribution in [0.4, 0.5) is 0 Å². The number of para-hydroxylation sites is 1. The fraction of sp³-hybridized carbons (Fsp3) is 0.176. The van der Waals surface area contributed by atoms with Gasteiger partial charge in [-0.3, -0.25) is 9.78 Å². The average Bonchev–Trinajstić information content (AvgIpc) is 3.07. The van der Waals surface area contributed by atoms with E-state index in [2.05, 4.69) is 10.3 Å². The number of aliphatic hydroxyl groups is 1. The summed E-state index contributed by atoms with van der Waals surface area (Å²) >= 11 is 1.52. The van der Waals surface area contributed by atoms with Crippen LogP contribution in [0.15, 0.2) is 53.4 Å². The molecule has 1 unspecified atom stereocenters. The van der Waals surface area contributed by atoms with Crippen molar-refractivity contribution in [1.82, 2.24) is 10.3 Å². The van der Waals surface area contributed by atoms with Crippen molar-refractivity contribution in [3.05, 3.63) is 64.5 Å². The van der Waals surface area contributed by atoms with Gasteiger partial charge in [0.05, 0.1) is 17.6 Å². The second-order valence-electron chi connectivity index (χ2n) is 5.34. The summed E-state index contributed by atoms with van der Waals surface area (Å²) in [5.74, 6) is -0.214. The van der Waals surface area contributed by atoms with Crippen LogP contribution in [0.1, 0.15) is 22.8 Å². The molecule has 22 heavy (non-hydrogen) atoms. The van der Waals surface area contributed by atoms with Gasteiger partial charge in [0.15, 0.2) is 0 Å². The largest absolute Gasteiger partial charge is 0.384 e. The van der Waals surface area contributed by atoms with E-state index in [9.17, 15) is 9.90 Å². The SMILES string of the molecule is CC(O)(CNC(=O)c1ccnc2ccccc12)c1ccsc1. The monoisotopic (exact) mass is 312 g/mol. The molecule has 3 aromatic rings. The maximum atomic E-state index is 12.4. The fourth-order valence-electron chi connectivity index (χ4n) is 2.31. The van der Waals surface area contributed by atoms with Gasteiger partial charge in [0, 0.05) is 11.6 Å². The van der Waals surface area contributed by atoms with Crippen molar-refractivity contribution < 1.29 is 9.90 Å². The lowest BCUT2D eigenvalue weighted by atomic mass is 9.99. The highest BCUT2D eigenvalue weighted by Gasteiger charge is 2.24. The van der Waals surface area contributed by atoms with Crippen LogP contribution in [0, 0.1) is 0 Å². The van der Waals surface area contributed by atoms with Gasteiger partial charge >= 0.3 is 0 Å². The van der Waals surface area contributed by atoms with E-state index in [1.54, 1.807) is 19.2 Å². The van der Waals surface area contributed by atoms with Gasteiger partial charge < -0.3 is 10.4 Å². The minimum Gasteiger partial charge on any atom is -0.384 e. The van der Waals surface area contributed by atoms with E-state index in [1.165, 1.54) is 11.3 Å². The number of nitrogens with one attached hydrogen (secondary N) is 1. The van der Waals surface area contributed by atoms with E-state index in [-0.39, 0.29) is 12.5 Å². The molecule has 0 aliphatic heterocycles. The second-order valence-corrected chi connectivity index (χ2v) is 6.12. The Labute approximate surface area is 132 Å². The maximum absolute atomic E-state index is 12.4. The summed E-state index contributed by atoms with van der Waals surface area (Å²) in [5, 5.41) is 17.9. The minimum absolute atomic E-state index is 0.152. The normalized spacial score (nSPS) is 13.7. The zero-order valence-corrected chi connectivity index (χ0v) is 12.9. The highest BCUT2D eigenvalue weighted by Crippen LogP contribution is 2.22. The highest BCUT2D eigenvalue weighted by molar-refractivity contribution is 7.08. The minimum atomic E-state index is -1.08. The number of carbonyl (C=O) groups is 1. The van der Waals surface area contributed by atoms with Crippen LogP contribution in [0.3, 0.4) is 0 Å². The van der Waals surface area contributed by atoms with Crippen LogP contribution in [0.25, 0.3) is 10.9 Å². The van der Waals surface area contributed by atoms with Crippen molar-refractivity contribution in [2.75, 3.05) is 6.54 Å². The van der Waals surface area contributed by atoms with Crippen LogP contribution >= 0.6 is 11.3 Å². The molecule has 1 amide bonds. The molecule has 0 bridgehead atoms. The standard InChI is InChI=1S/C17H16N2O2S/c1-17(21,12-7-9-22-10-12)11-19-16(20)14-6-8-18-15-5-3-2-4-13(14)15/h2-10,21H,11H2,1H3,(H,19,20). The first-order valence-electron chi connectivity index (χ1n) is 6.95. The van der Waals surface area contributed by atoms with E-state index in [4.69, 9.17) is 0 Å². The Hall–Kier alpha value is -2.24. The Balaban J connectivity index is 1.80. The molecule has 0 saturated carbocycles. The number of carbonyl (C=O) groups excluding carboxylic acids is 1. The third kappa shape index (κ3) is 2.86. The Morgan fingerprint density at radius 2 is 2.14 bits per heavy atom. The number of nitrogens with zero attached hydrogens (tertiary/aromatic N) is 1. The number of hydrogen-bond donors (Lipinski definition) is 2. The number of fused-ring (bicyclic) bond motifs is 1. The number of pyridine rings is 1. The Kier molecular flexibility index (Phi) is 3.92. The molecule has 1 aromatic carbocycles. The maximum Gasteiger partial charge on any atom is 0.252 e. The lowest BCUT2D eigenvalue weighted by molar-refractivity contribution is 0.0530. The van der Waals surface area contributed by atoms with Crippen LogP contribution in [0.5, 0.6) is 0 Å². The number of benzene rings is 1. The van der Waals surface area contributed by atoms with Crippen LogP contribution < -0.4 is 5.32 Å². The molecule has 0 aliphatic carbocycles. The molecule has 0 radical (unpaired) electrons. The number of hydrogen-bond acceptors (Lipinski definition) is 4. The zero-order valence-electron chi connectivity index (χ0n) is 12.1. The van der Waals surface area contributed by atoms with Gasteiger partial charge in [-0.25, -0.2) is 0 Å². The summed E-state index contributed by atoms with van der Waals surface area (Å²) in [5.41, 5.74) is 1.06. The molecule has 2 aromatic heterocycles. The van der Waals surface area contributed by atoms with E-state index < -0.39 is 5.60 Å². The van der Waals surface area contributed by atoms with Crippen LogP contribution in [-0.2, 0) is 5.60 Å². The topological polar surface area (TPSA) is 62.2 Å². The molecule has 3 rings (SSSR count). The summed E-state index contributed by atoms with van der Waals surface area (Å²) in [6.07, 6.45) is 1.62. The third-order valence-electron chi connectivity index (χ3n) is 3.63. The lowest BCUT2D eigenvalue weighted by Crippen LogP contribution is -2.38. The Morgan fingerprint density at radius 3 is 2.91 bits per heavy atom. The summed E-state index contributed by atoms with van der Waals surface area (Å²) in [6, 6.07) is 11.1.